The molecule has 0 aliphatic carbocycles. The van der Waals surface area contributed by atoms with E-state index in [0.717, 1.165) is 4.57 Å². The molecule has 0 unspecified atom stereocenters. The number of fused-ring (bicyclic) bond motifs is 1. The summed E-state index contributed by atoms with van der Waals surface area (Å²) >= 11 is 0. The average Bonchev–Trinajstić information content (AvgIpc) is 3.00. The lowest BCUT2D eigenvalue weighted by molar-refractivity contribution is -0.289. The van der Waals surface area contributed by atoms with Crippen LogP contribution in [-0.4, -0.2) is 38.7 Å². The van der Waals surface area contributed by atoms with Crippen LogP contribution in [0.5, 0.6) is 0 Å². The van der Waals surface area contributed by atoms with E-state index in [1.807, 2.05) is 0 Å². The molecule has 3 aromatic rings. The van der Waals surface area contributed by atoms with E-state index in [4.69, 9.17) is 0 Å². The Bertz CT molecular complexity index is 1350. The molecule has 0 spiro atoms. The maximum atomic E-state index is 13.7. The number of rotatable bonds is 4. The van der Waals surface area contributed by atoms with E-state index in [2.05, 4.69) is 15.0 Å². The van der Waals surface area contributed by atoms with Gasteiger partial charge in [-0.2, -0.15) is 43.5 Å². The molecule has 0 bridgehead atoms. The Hall–Kier alpha value is -2.88. The predicted octanol–water partition coefficient (Wildman–Crippen LogP) is 4.51. The zero-order valence-corrected chi connectivity index (χ0v) is 17.2. The molecule has 7 nitrogen and oxygen atoms in total. The molecule has 3 rings (SSSR count). The molecule has 33 heavy (non-hydrogen) atoms. The van der Waals surface area contributed by atoms with Gasteiger partial charge in [-0.25, -0.2) is 9.97 Å². The fourth-order valence-electron chi connectivity index (χ4n) is 3.18. The number of nitrogens with zero attached hydrogens (tertiary/aromatic N) is 4. The summed E-state index contributed by atoms with van der Waals surface area (Å²) in [6.07, 6.45) is -11.1. The van der Waals surface area contributed by atoms with E-state index >= 15 is 0 Å². The van der Waals surface area contributed by atoms with Crippen molar-refractivity contribution in [2.75, 3.05) is 0 Å². The highest BCUT2D eigenvalue weighted by atomic mass is 32.2. The lowest BCUT2D eigenvalue weighted by Crippen LogP contribution is -2.33. The van der Waals surface area contributed by atoms with Gasteiger partial charge in [-0.1, -0.05) is 6.92 Å². The highest BCUT2D eigenvalue weighted by molar-refractivity contribution is 7.86. The Morgan fingerprint density at radius 3 is 2.12 bits per heavy atom. The molecule has 0 aliphatic heterocycles. The minimum absolute atomic E-state index is 0.146. The molecular weight excluding hydrogens is 492 g/mol. The molecule has 0 saturated carbocycles. The Labute approximate surface area is 179 Å². The van der Waals surface area contributed by atoms with Gasteiger partial charge in [0.25, 0.3) is 10.1 Å². The number of hydrogen-bond acceptors (Lipinski definition) is 5. The molecule has 0 saturated heterocycles. The molecule has 180 valence electrons. The van der Waals surface area contributed by atoms with Gasteiger partial charge in [0.2, 0.25) is 0 Å². The Kier molecular flexibility index (Phi) is 5.69. The van der Waals surface area contributed by atoms with Crippen molar-refractivity contribution in [2.45, 2.75) is 36.5 Å². The monoisotopic (exact) mass is 504 g/mol. The zero-order valence-electron chi connectivity index (χ0n) is 16.4. The minimum Gasteiger partial charge on any atom is -0.311 e. The summed E-state index contributed by atoms with van der Waals surface area (Å²) in [5.41, 5.74) is -5.04. The first-order valence-electron chi connectivity index (χ1n) is 8.75. The Morgan fingerprint density at radius 1 is 1.03 bits per heavy atom. The third-order valence-corrected chi connectivity index (χ3v) is 5.67. The second kappa shape index (κ2) is 7.58. The molecule has 1 N–H and O–H groups in total. The SMILES string of the molecule is CCc1c(-c2nc3cc(C(F)(F)C(F)(F)F)cnc3n2C)ncc(C(F)(F)F)c1S(=O)(=O)O. The van der Waals surface area contributed by atoms with Crippen molar-refractivity contribution in [2.24, 2.45) is 7.05 Å². The summed E-state index contributed by atoms with van der Waals surface area (Å²) in [6.45, 7) is 1.26. The van der Waals surface area contributed by atoms with Crippen molar-refractivity contribution in [1.82, 2.24) is 19.5 Å². The molecule has 16 heteroatoms. The standard InChI is InChI=1S/C17H12F8N4O3S/c1-3-8-11(26-6-9(16(20,21)22)12(8)33(30,31)32)14-28-10-4-7(5-27-13(10)29(14)2)15(18,19)17(23,24)25/h4-6H,3H2,1-2H3,(H,30,31,32). The summed E-state index contributed by atoms with van der Waals surface area (Å²) in [5.74, 6) is -5.63. The fourth-order valence-corrected chi connectivity index (χ4v) is 4.17. The lowest BCUT2D eigenvalue weighted by atomic mass is 10.1. The van der Waals surface area contributed by atoms with Crippen LogP contribution in [0.25, 0.3) is 22.7 Å². The molecule has 0 aliphatic rings. The van der Waals surface area contributed by atoms with Gasteiger partial charge in [0.15, 0.2) is 11.5 Å². The molecule has 0 radical (unpaired) electrons. The van der Waals surface area contributed by atoms with E-state index in [-0.39, 0.29) is 23.9 Å². The number of halogens is 8. The molecule has 0 amide bonds. The van der Waals surface area contributed by atoms with Crippen molar-refractivity contribution >= 4 is 21.3 Å². The highest BCUT2D eigenvalue weighted by Crippen LogP contribution is 2.44. The van der Waals surface area contributed by atoms with Gasteiger partial charge in [-0.05, 0) is 12.5 Å². The third-order valence-electron chi connectivity index (χ3n) is 4.68. The van der Waals surface area contributed by atoms with Crippen LogP contribution < -0.4 is 0 Å². The number of imidazole rings is 1. The first kappa shape index (κ1) is 24.8. The summed E-state index contributed by atoms with van der Waals surface area (Å²) in [7, 11) is -4.20. The zero-order chi connectivity index (χ0) is 25.1. The minimum atomic E-state index is -5.92. The predicted molar refractivity (Wildman–Crippen MR) is 95.9 cm³/mol. The molecular formula is C17H12F8N4O3S. The molecule has 3 heterocycles. The van der Waals surface area contributed by atoms with Crippen LogP contribution in [0.1, 0.15) is 23.6 Å². The maximum Gasteiger partial charge on any atom is 0.458 e. The number of pyridine rings is 2. The summed E-state index contributed by atoms with van der Waals surface area (Å²) < 4.78 is 139. The smallest absolute Gasteiger partial charge is 0.311 e. The second-order valence-electron chi connectivity index (χ2n) is 6.79. The maximum absolute atomic E-state index is 13.7. The molecule has 0 aromatic carbocycles. The lowest BCUT2D eigenvalue weighted by Gasteiger charge is -2.19. The Balaban J connectivity index is 2.33. The van der Waals surface area contributed by atoms with Gasteiger partial charge in [0, 0.05) is 25.0 Å². The van der Waals surface area contributed by atoms with Crippen LogP contribution >= 0.6 is 0 Å². The van der Waals surface area contributed by atoms with E-state index in [9.17, 15) is 48.1 Å². The summed E-state index contributed by atoms with van der Waals surface area (Å²) in [5, 5.41) is 0. The van der Waals surface area contributed by atoms with Gasteiger partial charge in [-0.3, -0.25) is 9.54 Å². The van der Waals surface area contributed by atoms with Crippen LogP contribution in [-0.2, 0) is 35.7 Å². The third kappa shape index (κ3) is 4.12. The topological polar surface area (TPSA) is 98.0 Å². The van der Waals surface area contributed by atoms with Crippen LogP contribution in [0.15, 0.2) is 23.4 Å². The van der Waals surface area contributed by atoms with Crippen LogP contribution in [0.2, 0.25) is 0 Å². The highest BCUT2D eigenvalue weighted by Gasteiger charge is 2.59. The van der Waals surface area contributed by atoms with Crippen molar-refractivity contribution in [3.8, 4) is 11.5 Å². The normalized spacial score (nSPS) is 13.7. The van der Waals surface area contributed by atoms with Crippen LogP contribution in [0, 0.1) is 0 Å². The average molecular weight is 504 g/mol. The summed E-state index contributed by atoms with van der Waals surface area (Å²) in [4.78, 5) is 9.50. The van der Waals surface area contributed by atoms with Gasteiger partial charge in [-0.15, -0.1) is 0 Å². The number of hydrogen-bond donors (Lipinski definition) is 1. The first-order chi connectivity index (χ1) is 14.9. The van der Waals surface area contributed by atoms with Crippen molar-refractivity contribution < 1.29 is 48.1 Å². The molecule has 0 atom stereocenters. The van der Waals surface area contributed by atoms with Crippen LogP contribution in [0.3, 0.4) is 0 Å². The fraction of sp³-hybridized carbons (Fsp3) is 0.353. The second-order valence-corrected chi connectivity index (χ2v) is 8.15. The quantitative estimate of drug-likeness (QED) is 0.415. The Morgan fingerprint density at radius 2 is 1.64 bits per heavy atom. The number of alkyl halides is 8. The number of aromatic nitrogens is 4. The van der Waals surface area contributed by atoms with E-state index in [0.29, 0.717) is 6.07 Å². The van der Waals surface area contributed by atoms with Gasteiger partial charge in [0.1, 0.15) is 16.1 Å². The van der Waals surface area contributed by atoms with E-state index in [1.165, 1.54) is 14.0 Å². The van der Waals surface area contributed by atoms with Gasteiger partial charge < -0.3 is 4.57 Å². The van der Waals surface area contributed by atoms with Crippen molar-refractivity contribution in [3.05, 3.63) is 35.2 Å². The molecule has 0 fully saturated rings. The summed E-state index contributed by atoms with van der Waals surface area (Å²) in [6, 6.07) is 0.402. The van der Waals surface area contributed by atoms with E-state index in [1.54, 1.807) is 0 Å². The van der Waals surface area contributed by atoms with E-state index < -0.39 is 67.6 Å². The molecule has 3 aromatic heterocycles. The number of aryl methyl sites for hydroxylation is 1. The first-order valence-corrected chi connectivity index (χ1v) is 10.2. The van der Waals surface area contributed by atoms with Crippen molar-refractivity contribution in [3.63, 3.8) is 0 Å². The van der Waals surface area contributed by atoms with Crippen LogP contribution in [0.4, 0.5) is 35.1 Å². The van der Waals surface area contributed by atoms with Crippen molar-refractivity contribution in [1.29, 1.82) is 0 Å². The largest absolute Gasteiger partial charge is 0.458 e. The van der Waals surface area contributed by atoms with Gasteiger partial charge in [0.05, 0.1) is 11.1 Å². The van der Waals surface area contributed by atoms with Gasteiger partial charge >= 0.3 is 18.3 Å².